The molecule has 1 fully saturated rings. The Hall–Kier alpha value is -1.85. The van der Waals surface area contributed by atoms with Gasteiger partial charge in [0.25, 0.3) is 0 Å². The van der Waals surface area contributed by atoms with Crippen molar-refractivity contribution in [1.82, 2.24) is 19.8 Å². The maximum absolute atomic E-state index is 12.9. The third kappa shape index (κ3) is 3.44. The fraction of sp³-hybridized carbons (Fsp3) is 0.474. The number of fused-ring (bicyclic) bond motifs is 1. The van der Waals surface area contributed by atoms with E-state index in [9.17, 15) is 4.79 Å². The van der Waals surface area contributed by atoms with Crippen LogP contribution in [0.1, 0.15) is 24.2 Å². The summed E-state index contributed by atoms with van der Waals surface area (Å²) in [6, 6.07) is 7.67. The third-order valence-electron chi connectivity index (χ3n) is 5.23. The summed E-state index contributed by atoms with van der Waals surface area (Å²) >= 11 is 5.96. The highest BCUT2D eigenvalue weighted by Gasteiger charge is 2.31. The molecule has 1 N–H and O–H groups in total. The lowest BCUT2D eigenvalue weighted by Gasteiger charge is -2.34. The first-order valence-corrected chi connectivity index (χ1v) is 9.29. The van der Waals surface area contributed by atoms with Crippen LogP contribution in [0, 0.1) is 5.92 Å². The molecule has 0 unspecified atom stereocenters. The van der Waals surface area contributed by atoms with Gasteiger partial charge < -0.3 is 14.8 Å². The predicted molar refractivity (Wildman–Crippen MR) is 98.4 cm³/mol. The van der Waals surface area contributed by atoms with Crippen LogP contribution in [0.25, 0.3) is 11.4 Å². The maximum Gasteiger partial charge on any atom is 0.227 e. The number of benzene rings is 1. The third-order valence-corrected chi connectivity index (χ3v) is 5.49. The van der Waals surface area contributed by atoms with E-state index in [1.807, 2.05) is 29.2 Å². The van der Waals surface area contributed by atoms with Gasteiger partial charge in [-0.05, 0) is 50.7 Å². The molecule has 1 amide bonds. The highest BCUT2D eigenvalue weighted by molar-refractivity contribution is 6.30. The molecule has 2 aliphatic rings. The lowest BCUT2D eigenvalue weighted by Crippen LogP contribution is -2.45. The van der Waals surface area contributed by atoms with E-state index in [0.717, 1.165) is 61.7 Å². The Kier molecular flexibility index (Phi) is 4.52. The van der Waals surface area contributed by atoms with Gasteiger partial charge in [-0.1, -0.05) is 11.6 Å². The minimum Gasteiger partial charge on any atom is -0.340 e. The number of carbonyl (C=O) groups excluding carboxylic acids is 1. The number of amides is 1. The van der Waals surface area contributed by atoms with Crippen LogP contribution in [0.3, 0.4) is 0 Å². The quantitative estimate of drug-likeness (QED) is 0.898. The minimum absolute atomic E-state index is 0.138. The number of hydrogen-bond acceptors (Lipinski definition) is 3. The average Bonchev–Trinajstić information content (AvgIpc) is 3.05. The number of aromatic amines is 1. The molecule has 1 aromatic heterocycles. The summed E-state index contributed by atoms with van der Waals surface area (Å²) in [6.45, 7) is 3.37. The van der Waals surface area contributed by atoms with Gasteiger partial charge >= 0.3 is 0 Å². The summed E-state index contributed by atoms with van der Waals surface area (Å²) in [4.78, 5) is 25.3. The highest BCUT2D eigenvalue weighted by Crippen LogP contribution is 2.26. The van der Waals surface area contributed by atoms with Gasteiger partial charge in [-0.2, -0.15) is 0 Å². The molecule has 0 bridgehead atoms. The molecular formula is C19H23ClN4O. The summed E-state index contributed by atoms with van der Waals surface area (Å²) in [5, 5.41) is 0.717. The molecular weight excluding hydrogens is 336 g/mol. The molecule has 3 heterocycles. The van der Waals surface area contributed by atoms with E-state index in [2.05, 4.69) is 16.9 Å². The van der Waals surface area contributed by atoms with Crippen molar-refractivity contribution in [2.75, 3.05) is 26.7 Å². The van der Waals surface area contributed by atoms with E-state index in [1.165, 1.54) is 0 Å². The van der Waals surface area contributed by atoms with E-state index in [1.54, 1.807) is 0 Å². The maximum atomic E-state index is 12.9. The van der Waals surface area contributed by atoms with Crippen molar-refractivity contribution < 1.29 is 4.79 Å². The first-order valence-electron chi connectivity index (χ1n) is 8.91. The van der Waals surface area contributed by atoms with Crippen molar-refractivity contribution in [2.24, 2.45) is 5.92 Å². The second kappa shape index (κ2) is 6.81. The van der Waals surface area contributed by atoms with E-state index in [4.69, 9.17) is 16.6 Å². The number of H-pyrrole nitrogens is 1. The zero-order valence-corrected chi connectivity index (χ0v) is 15.2. The van der Waals surface area contributed by atoms with Gasteiger partial charge in [0.2, 0.25) is 5.91 Å². The van der Waals surface area contributed by atoms with Crippen molar-refractivity contribution in [1.29, 1.82) is 0 Å². The van der Waals surface area contributed by atoms with E-state index in [0.29, 0.717) is 17.5 Å². The van der Waals surface area contributed by atoms with Gasteiger partial charge in [-0.15, -0.1) is 0 Å². The molecule has 5 nitrogen and oxygen atoms in total. The number of rotatable bonds is 2. The van der Waals surface area contributed by atoms with Crippen LogP contribution >= 0.6 is 11.6 Å². The van der Waals surface area contributed by atoms with Crippen molar-refractivity contribution in [3.63, 3.8) is 0 Å². The second-order valence-electron chi connectivity index (χ2n) is 7.13. The van der Waals surface area contributed by atoms with Crippen LogP contribution in [-0.4, -0.2) is 52.4 Å². The predicted octanol–water partition coefficient (Wildman–Crippen LogP) is 2.96. The Balaban J connectivity index is 1.49. The molecule has 2 aromatic rings. The first kappa shape index (κ1) is 16.6. The molecule has 4 rings (SSSR count). The van der Waals surface area contributed by atoms with Crippen LogP contribution < -0.4 is 0 Å². The molecule has 2 aliphatic heterocycles. The molecule has 1 atom stereocenters. The second-order valence-corrected chi connectivity index (χ2v) is 7.57. The van der Waals surface area contributed by atoms with Crippen LogP contribution in [0.15, 0.2) is 24.3 Å². The van der Waals surface area contributed by atoms with Crippen LogP contribution in [-0.2, 0) is 17.8 Å². The Bertz CT molecular complexity index is 770. The van der Waals surface area contributed by atoms with Crippen LogP contribution in [0.2, 0.25) is 5.02 Å². The number of aromatic nitrogens is 2. The number of likely N-dealkylation sites (tertiary alicyclic amines) is 1. The van der Waals surface area contributed by atoms with E-state index < -0.39 is 0 Å². The summed E-state index contributed by atoms with van der Waals surface area (Å²) < 4.78 is 0. The lowest BCUT2D eigenvalue weighted by atomic mass is 9.96. The number of piperidine rings is 1. The fourth-order valence-corrected chi connectivity index (χ4v) is 3.98. The van der Waals surface area contributed by atoms with Gasteiger partial charge in [-0.25, -0.2) is 4.98 Å². The van der Waals surface area contributed by atoms with E-state index in [-0.39, 0.29) is 5.92 Å². The van der Waals surface area contributed by atoms with Crippen LogP contribution in [0.4, 0.5) is 0 Å². The number of nitrogens with one attached hydrogen (secondary N) is 1. The minimum atomic E-state index is 0.138. The number of carbonyl (C=O) groups is 1. The Morgan fingerprint density at radius 1 is 1.28 bits per heavy atom. The molecule has 0 radical (unpaired) electrons. The Labute approximate surface area is 153 Å². The summed E-state index contributed by atoms with van der Waals surface area (Å²) in [5.41, 5.74) is 3.16. The monoisotopic (exact) mass is 358 g/mol. The Morgan fingerprint density at radius 3 is 2.84 bits per heavy atom. The topological polar surface area (TPSA) is 52.2 Å². The molecule has 132 valence electrons. The van der Waals surface area contributed by atoms with Gasteiger partial charge in [0.1, 0.15) is 5.82 Å². The van der Waals surface area contributed by atoms with Crippen LogP contribution in [0.5, 0.6) is 0 Å². The van der Waals surface area contributed by atoms with Gasteiger partial charge in [-0.3, -0.25) is 4.79 Å². The number of hydrogen-bond donors (Lipinski definition) is 1. The van der Waals surface area contributed by atoms with E-state index >= 15 is 0 Å². The molecule has 0 spiro atoms. The lowest BCUT2D eigenvalue weighted by molar-refractivity contribution is -0.138. The zero-order valence-electron chi connectivity index (χ0n) is 14.5. The van der Waals surface area contributed by atoms with Gasteiger partial charge in [0, 0.05) is 30.1 Å². The number of halogens is 1. The molecule has 0 aliphatic carbocycles. The summed E-state index contributed by atoms with van der Waals surface area (Å²) in [5.74, 6) is 1.28. The zero-order chi connectivity index (χ0) is 17.4. The molecule has 0 saturated carbocycles. The van der Waals surface area contributed by atoms with Gasteiger partial charge in [0.05, 0.1) is 23.9 Å². The average molecular weight is 359 g/mol. The first-order chi connectivity index (χ1) is 12.1. The molecule has 1 saturated heterocycles. The fourth-order valence-electron chi connectivity index (χ4n) is 3.85. The van der Waals surface area contributed by atoms with Crippen molar-refractivity contribution in [3.8, 4) is 11.4 Å². The SMILES string of the molecule is CN1CCC[C@H](C(=O)N2CCc3nc(-c4ccc(Cl)cc4)[nH]c3C2)C1. The molecule has 6 heteroatoms. The largest absolute Gasteiger partial charge is 0.340 e. The molecule has 1 aromatic carbocycles. The smallest absolute Gasteiger partial charge is 0.227 e. The number of imidazole rings is 1. The standard InChI is InChI=1S/C19H23ClN4O/c1-23-9-2-3-14(11-23)19(25)24-10-8-16-17(12-24)22-18(21-16)13-4-6-15(20)7-5-13/h4-7,14H,2-3,8-12H2,1H3,(H,21,22)/t14-/m0/s1. The van der Waals surface area contributed by atoms with Crippen molar-refractivity contribution in [2.45, 2.75) is 25.8 Å². The van der Waals surface area contributed by atoms with Crippen molar-refractivity contribution in [3.05, 3.63) is 40.7 Å². The molecule has 25 heavy (non-hydrogen) atoms. The number of nitrogens with zero attached hydrogens (tertiary/aromatic N) is 3. The summed E-state index contributed by atoms with van der Waals surface area (Å²) in [6.07, 6.45) is 2.93. The summed E-state index contributed by atoms with van der Waals surface area (Å²) in [7, 11) is 2.10. The highest BCUT2D eigenvalue weighted by atomic mass is 35.5. The van der Waals surface area contributed by atoms with Gasteiger partial charge in [0.15, 0.2) is 0 Å². The normalized spacial score (nSPS) is 21.2. The van der Waals surface area contributed by atoms with Crippen molar-refractivity contribution >= 4 is 17.5 Å². The Morgan fingerprint density at radius 2 is 2.08 bits per heavy atom.